The molecule has 2 rings (SSSR count). The van der Waals surface area contributed by atoms with E-state index in [1.54, 1.807) is 24.3 Å². The fourth-order valence-electron chi connectivity index (χ4n) is 1.58. The Morgan fingerprint density at radius 3 is 2.68 bits per heavy atom. The summed E-state index contributed by atoms with van der Waals surface area (Å²) in [5.41, 5.74) is 0.815. The van der Waals surface area contributed by atoms with E-state index in [0.717, 1.165) is 12.1 Å². The summed E-state index contributed by atoms with van der Waals surface area (Å²) in [6.07, 6.45) is 5.45. The van der Waals surface area contributed by atoms with Crippen LogP contribution < -0.4 is 0 Å². The first-order valence-electron chi connectivity index (χ1n) is 6.14. The van der Waals surface area contributed by atoms with Crippen molar-refractivity contribution in [1.82, 2.24) is 29.6 Å². The van der Waals surface area contributed by atoms with Gasteiger partial charge in [0.15, 0.2) is 5.82 Å². The van der Waals surface area contributed by atoms with E-state index in [1.165, 1.54) is 11.0 Å². The number of hydrogen-bond acceptors (Lipinski definition) is 5. The minimum absolute atomic E-state index is 0.164. The van der Waals surface area contributed by atoms with Crippen molar-refractivity contribution >= 4 is 5.91 Å². The Hall–Kier alpha value is -2.31. The molecule has 0 aliphatic carbocycles. The molecule has 0 aromatic carbocycles. The topological polar surface area (TPSA) is 76.8 Å². The molecule has 0 N–H and O–H groups in total. The molecule has 1 amide bonds. The molecule has 0 saturated heterocycles. The standard InChI is InChI=1S/C12H16N6O/c1-4-9-11(14-7-6-13-9)18-8-15-10(16-18)12(19)17(3)5-2/h6-8H,4-5H2,1-3H3. The van der Waals surface area contributed by atoms with Gasteiger partial charge in [-0.2, -0.15) is 0 Å². The van der Waals surface area contributed by atoms with E-state index in [1.807, 2.05) is 13.8 Å². The van der Waals surface area contributed by atoms with Gasteiger partial charge in [-0.3, -0.25) is 9.78 Å². The van der Waals surface area contributed by atoms with Gasteiger partial charge in [0.05, 0.1) is 5.69 Å². The highest BCUT2D eigenvalue weighted by molar-refractivity contribution is 5.90. The van der Waals surface area contributed by atoms with Gasteiger partial charge in [0.25, 0.3) is 5.91 Å². The quantitative estimate of drug-likeness (QED) is 0.809. The molecular weight excluding hydrogens is 244 g/mol. The summed E-state index contributed by atoms with van der Waals surface area (Å²) >= 11 is 0. The maximum Gasteiger partial charge on any atom is 0.293 e. The third kappa shape index (κ3) is 2.59. The molecule has 100 valence electrons. The highest BCUT2D eigenvalue weighted by Gasteiger charge is 2.16. The fraction of sp³-hybridized carbons (Fsp3) is 0.417. The number of carbonyl (C=O) groups excluding carboxylic acids is 1. The van der Waals surface area contributed by atoms with Gasteiger partial charge in [-0.1, -0.05) is 6.92 Å². The summed E-state index contributed by atoms with van der Waals surface area (Å²) in [6, 6.07) is 0. The lowest BCUT2D eigenvalue weighted by molar-refractivity contribution is 0.0790. The molecule has 0 aliphatic rings. The Balaban J connectivity index is 2.33. The van der Waals surface area contributed by atoms with Crippen molar-refractivity contribution in [2.75, 3.05) is 13.6 Å². The average Bonchev–Trinajstić information content (AvgIpc) is 2.95. The molecule has 2 aromatic heterocycles. The first-order chi connectivity index (χ1) is 9.17. The van der Waals surface area contributed by atoms with Crippen molar-refractivity contribution in [3.05, 3.63) is 30.2 Å². The van der Waals surface area contributed by atoms with E-state index in [-0.39, 0.29) is 11.7 Å². The molecule has 0 unspecified atom stereocenters. The van der Waals surface area contributed by atoms with E-state index in [0.29, 0.717) is 12.4 Å². The van der Waals surface area contributed by atoms with Crippen LogP contribution in [0.1, 0.15) is 30.2 Å². The van der Waals surface area contributed by atoms with Crippen LogP contribution in [0.2, 0.25) is 0 Å². The Morgan fingerprint density at radius 2 is 2.00 bits per heavy atom. The summed E-state index contributed by atoms with van der Waals surface area (Å²) in [4.78, 5) is 26.0. The van der Waals surface area contributed by atoms with Crippen molar-refractivity contribution in [3.8, 4) is 5.82 Å². The van der Waals surface area contributed by atoms with Gasteiger partial charge in [-0.15, -0.1) is 5.10 Å². The second-order valence-electron chi connectivity index (χ2n) is 4.01. The molecular formula is C12H16N6O. The molecule has 0 fully saturated rings. The highest BCUT2D eigenvalue weighted by atomic mass is 16.2. The van der Waals surface area contributed by atoms with Crippen LogP contribution in [-0.2, 0) is 6.42 Å². The molecule has 0 atom stereocenters. The van der Waals surface area contributed by atoms with Gasteiger partial charge >= 0.3 is 0 Å². The van der Waals surface area contributed by atoms with Crippen LogP contribution in [0.25, 0.3) is 5.82 Å². The van der Waals surface area contributed by atoms with Crippen LogP contribution in [0.5, 0.6) is 0 Å². The average molecular weight is 260 g/mol. The monoisotopic (exact) mass is 260 g/mol. The minimum atomic E-state index is -0.205. The SMILES string of the molecule is CCc1nccnc1-n1cnc(C(=O)N(C)CC)n1. The number of rotatable bonds is 4. The maximum atomic E-state index is 11.9. The van der Waals surface area contributed by atoms with Crippen LogP contribution in [-0.4, -0.2) is 49.1 Å². The summed E-state index contributed by atoms with van der Waals surface area (Å²) in [6.45, 7) is 4.49. The van der Waals surface area contributed by atoms with Gasteiger partial charge in [0.1, 0.15) is 6.33 Å². The second-order valence-corrected chi connectivity index (χ2v) is 4.01. The molecule has 7 nitrogen and oxygen atoms in total. The Labute approximate surface area is 111 Å². The van der Waals surface area contributed by atoms with Gasteiger partial charge in [0.2, 0.25) is 5.82 Å². The third-order valence-corrected chi connectivity index (χ3v) is 2.81. The number of nitrogens with zero attached hydrogens (tertiary/aromatic N) is 6. The predicted molar refractivity (Wildman–Crippen MR) is 69.0 cm³/mol. The lowest BCUT2D eigenvalue weighted by atomic mass is 10.3. The Kier molecular flexibility index (Phi) is 3.84. The summed E-state index contributed by atoms with van der Waals surface area (Å²) in [5.74, 6) is 0.566. The van der Waals surface area contributed by atoms with Crippen LogP contribution in [0.4, 0.5) is 0 Å². The molecule has 0 spiro atoms. The highest BCUT2D eigenvalue weighted by Crippen LogP contribution is 2.08. The van der Waals surface area contributed by atoms with E-state index in [4.69, 9.17) is 0 Å². The van der Waals surface area contributed by atoms with E-state index in [2.05, 4.69) is 20.1 Å². The van der Waals surface area contributed by atoms with Crippen LogP contribution in [0.3, 0.4) is 0 Å². The van der Waals surface area contributed by atoms with Crippen molar-refractivity contribution in [1.29, 1.82) is 0 Å². The zero-order chi connectivity index (χ0) is 13.8. The van der Waals surface area contributed by atoms with Crippen LogP contribution >= 0.6 is 0 Å². The fourth-order valence-corrected chi connectivity index (χ4v) is 1.58. The van der Waals surface area contributed by atoms with Gasteiger partial charge in [-0.25, -0.2) is 14.6 Å². The van der Waals surface area contributed by atoms with Crippen molar-refractivity contribution in [3.63, 3.8) is 0 Å². The largest absolute Gasteiger partial charge is 0.339 e. The molecule has 0 aliphatic heterocycles. The molecule has 19 heavy (non-hydrogen) atoms. The van der Waals surface area contributed by atoms with Gasteiger partial charge in [0, 0.05) is 26.0 Å². The molecule has 0 saturated carbocycles. The number of aryl methyl sites for hydroxylation is 1. The van der Waals surface area contributed by atoms with E-state index >= 15 is 0 Å². The lowest BCUT2D eigenvalue weighted by Crippen LogP contribution is -2.27. The normalized spacial score (nSPS) is 10.5. The third-order valence-electron chi connectivity index (χ3n) is 2.81. The predicted octanol–water partition coefficient (Wildman–Crippen LogP) is 0.712. The summed E-state index contributed by atoms with van der Waals surface area (Å²) in [7, 11) is 1.71. The molecule has 0 radical (unpaired) electrons. The summed E-state index contributed by atoms with van der Waals surface area (Å²) < 4.78 is 1.49. The smallest absolute Gasteiger partial charge is 0.293 e. The van der Waals surface area contributed by atoms with Gasteiger partial charge < -0.3 is 4.90 Å². The zero-order valence-corrected chi connectivity index (χ0v) is 11.2. The van der Waals surface area contributed by atoms with Crippen LogP contribution in [0.15, 0.2) is 18.7 Å². The van der Waals surface area contributed by atoms with Crippen molar-refractivity contribution in [2.24, 2.45) is 0 Å². The Morgan fingerprint density at radius 1 is 1.26 bits per heavy atom. The van der Waals surface area contributed by atoms with Crippen LogP contribution in [0, 0.1) is 0 Å². The summed E-state index contributed by atoms with van der Waals surface area (Å²) in [5, 5.41) is 4.17. The Bertz CT molecular complexity index is 579. The number of carbonyl (C=O) groups is 1. The maximum absolute atomic E-state index is 11.9. The van der Waals surface area contributed by atoms with Crippen molar-refractivity contribution < 1.29 is 4.79 Å². The first-order valence-corrected chi connectivity index (χ1v) is 6.14. The molecule has 2 aromatic rings. The lowest BCUT2D eigenvalue weighted by Gasteiger charge is -2.11. The number of aromatic nitrogens is 5. The van der Waals surface area contributed by atoms with Crippen molar-refractivity contribution in [2.45, 2.75) is 20.3 Å². The van der Waals surface area contributed by atoms with Gasteiger partial charge in [-0.05, 0) is 13.3 Å². The zero-order valence-electron chi connectivity index (χ0n) is 11.2. The van der Waals surface area contributed by atoms with E-state index in [9.17, 15) is 4.79 Å². The molecule has 2 heterocycles. The minimum Gasteiger partial charge on any atom is -0.339 e. The molecule has 7 heteroatoms. The number of hydrogen-bond donors (Lipinski definition) is 0. The molecule has 0 bridgehead atoms. The van der Waals surface area contributed by atoms with E-state index < -0.39 is 0 Å². The first kappa shape index (κ1) is 13.1. The number of amides is 1. The second kappa shape index (κ2) is 5.55.